The van der Waals surface area contributed by atoms with Crippen LogP contribution in [-0.4, -0.2) is 146 Å². The Balaban J connectivity index is 0.969. The number of carbonyl (C=O) groups excluding carboxylic acids is 8. The summed E-state index contributed by atoms with van der Waals surface area (Å²) < 4.78 is 11.7. The number of carbonyl (C=O) groups is 8. The summed E-state index contributed by atoms with van der Waals surface area (Å²) >= 11 is 1.57. The Morgan fingerprint density at radius 3 is 2.17 bits per heavy atom. The summed E-state index contributed by atoms with van der Waals surface area (Å²) in [4.78, 5) is 117. The highest BCUT2D eigenvalue weighted by molar-refractivity contribution is 7.13. The van der Waals surface area contributed by atoms with Crippen molar-refractivity contribution in [1.82, 2.24) is 41.0 Å². The third-order valence-corrected chi connectivity index (χ3v) is 15.6. The topological polar surface area (TPSA) is 272 Å². The molecule has 78 heavy (non-hydrogen) atoms. The van der Waals surface area contributed by atoms with Crippen LogP contribution in [0.4, 0.5) is 4.79 Å². The number of likely N-dealkylation sites (tertiary alicyclic amines) is 1. The second kappa shape index (κ2) is 26.9. The molecule has 6 rings (SSSR count). The highest BCUT2D eigenvalue weighted by Gasteiger charge is 2.47. The number of nitrogens with two attached hydrogens (primary N) is 1. The first-order chi connectivity index (χ1) is 36.8. The van der Waals surface area contributed by atoms with Crippen molar-refractivity contribution in [2.75, 3.05) is 19.6 Å². The molecule has 20 nitrogen and oxygen atoms in total. The van der Waals surface area contributed by atoms with Crippen LogP contribution >= 0.6 is 11.3 Å². The van der Waals surface area contributed by atoms with E-state index in [1.807, 2.05) is 76.2 Å². The highest BCUT2D eigenvalue weighted by atomic mass is 32.1. The summed E-state index contributed by atoms with van der Waals surface area (Å²) in [6.45, 7) is 16.5. The summed E-state index contributed by atoms with van der Waals surface area (Å²) in [6, 6.07) is 10.9. The molecule has 426 valence electrons. The number of nitrogens with zero attached hydrogens (tertiary/aromatic N) is 4. The average molecular weight is 1100 g/mol. The molecule has 0 aliphatic carbocycles. The van der Waals surface area contributed by atoms with Crippen molar-refractivity contribution in [3.05, 3.63) is 76.4 Å². The Kier molecular flexibility index (Phi) is 21.0. The fourth-order valence-electron chi connectivity index (χ4n) is 10.3. The van der Waals surface area contributed by atoms with Gasteiger partial charge in [0, 0.05) is 51.9 Å². The number of primary amides is 1. The minimum absolute atomic E-state index is 0.0140. The van der Waals surface area contributed by atoms with Gasteiger partial charge >= 0.3 is 6.09 Å². The fourth-order valence-corrected chi connectivity index (χ4v) is 11.1. The minimum Gasteiger partial charge on any atom is -0.444 e. The Morgan fingerprint density at radius 2 is 1.54 bits per heavy atom. The maximum Gasteiger partial charge on any atom is 0.408 e. The standard InChI is InChI=1S/C57H81N9O11S/c1-34-49(78-33-60-34)40-20-18-38(19-21-40)29-59-51(71)46-28-42(68)30-65(46)54(74)50(56(4,5)6)63-48(70)13-11-10-12-37-14-16-39(17-15-37)32-76-35(2)43(23-25-47(58)69)61-52(72)45-24-22-41-26-27-64(36(3)67)31-44(53(73)66(41)45)62-55(75)77-57(7,8)9/h14-21,33,35,41-46,50,68H,10-13,22-32H2,1-9H3,(H2,58,69)(H,59,71)(H,61,72)(H,62,75)(H,63,70)/t35-,41?,42-,43+,44+,45+,46+,50-/m1/s1. The van der Waals surface area contributed by atoms with Crippen LogP contribution in [-0.2, 0) is 62.6 Å². The number of amides is 8. The molecule has 3 fully saturated rings. The number of thiazole rings is 1. The number of aliphatic hydroxyl groups is 1. The van der Waals surface area contributed by atoms with Crippen molar-refractivity contribution in [3.63, 3.8) is 0 Å². The minimum atomic E-state index is -1.15. The van der Waals surface area contributed by atoms with Gasteiger partial charge < -0.3 is 56.3 Å². The lowest BCUT2D eigenvalue weighted by molar-refractivity contribution is -0.145. The number of unbranched alkanes of at least 4 members (excludes halogenated alkanes) is 1. The number of benzene rings is 2. The number of aliphatic hydroxyl groups excluding tert-OH is 1. The van der Waals surface area contributed by atoms with E-state index in [1.165, 1.54) is 21.6 Å². The molecule has 4 heterocycles. The molecule has 0 saturated carbocycles. The maximum absolute atomic E-state index is 14.2. The zero-order valence-corrected chi connectivity index (χ0v) is 47.5. The molecule has 8 amide bonds. The van der Waals surface area contributed by atoms with Crippen LogP contribution in [0.25, 0.3) is 10.4 Å². The number of rotatable bonds is 21. The first-order valence-electron chi connectivity index (χ1n) is 27.2. The van der Waals surface area contributed by atoms with Crippen LogP contribution in [0.15, 0.2) is 54.0 Å². The van der Waals surface area contributed by atoms with Crippen molar-refractivity contribution >= 4 is 58.8 Å². The second-order valence-corrected chi connectivity index (χ2v) is 23.9. The molecule has 7 N–H and O–H groups in total. The van der Waals surface area contributed by atoms with Crippen LogP contribution in [0.2, 0.25) is 0 Å². The van der Waals surface area contributed by atoms with Gasteiger partial charge in [-0.05, 0) is 107 Å². The van der Waals surface area contributed by atoms with Gasteiger partial charge in [0.1, 0.15) is 29.8 Å². The van der Waals surface area contributed by atoms with E-state index in [1.54, 1.807) is 44.5 Å². The lowest BCUT2D eigenvalue weighted by Crippen LogP contribution is -2.62. The number of fused-ring (bicyclic) bond motifs is 1. The van der Waals surface area contributed by atoms with E-state index in [9.17, 15) is 43.5 Å². The maximum atomic E-state index is 14.2. The van der Waals surface area contributed by atoms with Crippen LogP contribution in [0, 0.1) is 12.3 Å². The van der Waals surface area contributed by atoms with E-state index in [0.717, 1.165) is 32.8 Å². The van der Waals surface area contributed by atoms with Crippen LogP contribution < -0.4 is 27.0 Å². The summed E-state index contributed by atoms with van der Waals surface area (Å²) in [5, 5.41) is 22.2. The molecule has 1 aromatic heterocycles. The number of nitrogens with one attached hydrogen (secondary N) is 4. The third kappa shape index (κ3) is 17.0. The average Bonchev–Trinajstić information content (AvgIpc) is 4.12. The SMILES string of the molecule is CC(=O)N1CCC2CC[C@@H](C(=O)N[C@@H](CCC(N)=O)[C@@H](C)OCc3ccc(CCCCC(=O)N[C@H](C(=O)N4C[C@H](O)C[C@H]4C(=O)NCc4ccc(-c5scnc5C)cc4)C(C)(C)C)cc3)N2C(=O)[C@@H](NC(=O)OC(C)(C)C)C1. The van der Waals surface area contributed by atoms with E-state index in [4.69, 9.17) is 15.2 Å². The molecular formula is C57H81N9O11S. The molecule has 3 aromatic rings. The number of hydrogen-bond acceptors (Lipinski definition) is 13. The summed E-state index contributed by atoms with van der Waals surface area (Å²) in [5.41, 5.74) is 10.6. The van der Waals surface area contributed by atoms with Crippen LogP contribution in [0.5, 0.6) is 0 Å². The second-order valence-electron chi connectivity index (χ2n) is 23.0. The quantitative estimate of drug-likeness (QED) is 0.0786. The van der Waals surface area contributed by atoms with Gasteiger partial charge in [-0.15, -0.1) is 11.3 Å². The summed E-state index contributed by atoms with van der Waals surface area (Å²) in [5.74, 6) is -2.76. The zero-order chi connectivity index (χ0) is 57.1. The van der Waals surface area contributed by atoms with E-state index < -0.39 is 83.2 Å². The fraction of sp³-hybridized carbons (Fsp3) is 0.596. The molecule has 0 bridgehead atoms. The van der Waals surface area contributed by atoms with Gasteiger partial charge in [0.05, 0.1) is 47.5 Å². The molecule has 3 aliphatic heterocycles. The predicted molar refractivity (Wildman–Crippen MR) is 294 cm³/mol. The Labute approximate surface area is 462 Å². The Morgan fingerprint density at radius 1 is 0.859 bits per heavy atom. The van der Waals surface area contributed by atoms with Crippen molar-refractivity contribution in [1.29, 1.82) is 0 Å². The Hall–Kier alpha value is -6.45. The largest absolute Gasteiger partial charge is 0.444 e. The van der Waals surface area contributed by atoms with E-state index in [-0.39, 0.29) is 75.7 Å². The van der Waals surface area contributed by atoms with Crippen molar-refractivity contribution in [2.24, 2.45) is 11.1 Å². The van der Waals surface area contributed by atoms with Crippen LogP contribution in [0.3, 0.4) is 0 Å². The molecule has 2 aromatic carbocycles. The van der Waals surface area contributed by atoms with E-state index in [2.05, 4.69) is 26.3 Å². The van der Waals surface area contributed by atoms with Gasteiger partial charge in [-0.25, -0.2) is 9.78 Å². The lowest BCUT2D eigenvalue weighted by atomic mass is 9.85. The Bertz CT molecular complexity index is 2600. The molecule has 3 aliphatic rings. The van der Waals surface area contributed by atoms with Gasteiger partial charge in [-0.1, -0.05) is 69.3 Å². The molecular weight excluding hydrogens is 1020 g/mol. The number of aryl methyl sites for hydroxylation is 2. The highest BCUT2D eigenvalue weighted by Crippen LogP contribution is 2.32. The van der Waals surface area contributed by atoms with Gasteiger partial charge in [0.15, 0.2) is 0 Å². The molecule has 1 unspecified atom stereocenters. The number of ether oxygens (including phenoxy) is 2. The first kappa shape index (κ1) is 60.8. The van der Waals surface area contributed by atoms with Crippen molar-refractivity contribution < 1.29 is 52.9 Å². The molecule has 0 spiro atoms. The number of hydrogen-bond donors (Lipinski definition) is 6. The van der Waals surface area contributed by atoms with E-state index in [0.29, 0.717) is 45.1 Å². The predicted octanol–water partition coefficient (Wildman–Crippen LogP) is 4.80. The summed E-state index contributed by atoms with van der Waals surface area (Å²) in [7, 11) is 0. The number of aromatic nitrogens is 1. The van der Waals surface area contributed by atoms with Crippen molar-refractivity contribution in [2.45, 2.75) is 194 Å². The van der Waals surface area contributed by atoms with Gasteiger partial charge in [-0.3, -0.25) is 33.6 Å². The molecule has 0 radical (unpaired) electrons. The van der Waals surface area contributed by atoms with Gasteiger partial charge in [-0.2, -0.15) is 0 Å². The third-order valence-electron chi connectivity index (χ3n) is 14.6. The monoisotopic (exact) mass is 1100 g/mol. The molecule has 21 heteroatoms. The van der Waals surface area contributed by atoms with Crippen molar-refractivity contribution in [3.8, 4) is 10.4 Å². The molecule has 8 atom stereocenters. The normalized spacial score (nSPS) is 20.9. The summed E-state index contributed by atoms with van der Waals surface area (Å²) in [6.07, 6.45) is 1.49. The molecule has 3 saturated heterocycles. The van der Waals surface area contributed by atoms with Gasteiger partial charge in [0.2, 0.25) is 41.4 Å². The lowest BCUT2D eigenvalue weighted by Gasteiger charge is -2.39. The van der Waals surface area contributed by atoms with Gasteiger partial charge in [0.25, 0.3) is 0 Å². The number of alkyl carbamates (subject to hydrolysis) is 1. The van der Waals surface area contributed by atoms with Crippen LogP contribution in [0.1, 0.15) is 136 Å². The smallest absolute Gasteiger partial charge is 0.408 e. The first-order valence-corrected chi connectivity index (χ1v) is 28.1. The zero-order valence-electron chi connectivity index (χ0n) is 46.7. The van der Waals surface area contributed by atoms with E-state index >= 15 is 0 Å². The number of β-amino-alcohol motifs (C(OH)–C–C–N with tert-alkyl or cyclic N) is 1.